The number of amides is 2. The van der Waals surface area contributed by atoms with Crippen molar-refractivity contribution in [1.82, 2.24) is 10.3 Å². The third kappa shape index (κ3) is 4.27. The lowest BCUT2D eigenvalue weighted by Gasteiger charge is -2.04. The van der Waals surface area contributed by atoms with Crippen molar-refractivity contribution in [2.24, 2.45) is 5.73 Å². The maximum absolute atomic E-state index is 11.8. The van der Waals surface area contributed by atoms with Gasteiger partial charge in [-0.3, -0.25) is 9.59 Å². The predicted molar refractivity (Wildman–Crippen MR) is 83.3 cm³/mol. The van der Waals surface area contributed by atoms with Crippen LogP contribution in [0.15, 0.2) is 29.6 Å². The zero-order valence-electron chi connectivity index (χ0n) is 11.1. The van der Waals surface area contributed by atoms with E-state index < -0.39 is 5.91 Å². The molecule has 2 aromatic rings. The number of carbonyl (C=O) groups excluding carboxylic acids is 2. The van der Waals surface area contributed by atoms with E-state index >= 15 is 0 Å². The summed E-state index contributed by atoms with van der Waals surface area (Å²) in [6.45, 7) is 0.238. The van der Waals surface area contributed by atoms with E-state index in [0.717, 1.165) is 16.3 Å². The predicted octanol–water partition coefficient (Wildman–Crippen LogP) is 2.15. The van der Waals surface area contributed by atoms with Crippen molar-refractivity contribution in [2.75, 3.05) is 6.54 Å². The minimum atomic E-state index is -0.440. The Morgan fingerprint density at radius 2 is 2.00 bits per heavy atom. The number of halogens is 1. The van der Waals surface area contributed by atoms with E-state index in [1.54, 1.807) is 12.1 Å². The number of alkyl halides is 1. The molecule has 0 bridgehead atoms. The highest BCUT2D eigenvalue weighted by Gasteiger charge is 2.08. The van der Waals surface area contributed by atoms with Crippen LogP contribution in [-0.4, -0.2) is 23.3 Å². The summed E-state index contributed by atoms with van der Waals surface area (Å²) in [7, 11) is 0. The molecule has 0 aliphatic heterocycles. The van der Waals surface area contributed by atoms with Crippen LogP contribution in [0.5, 0.6) is 0 Å². The van der Waals surface area contributed by atoms with Gasteiger partial charge in [-0.2, -0.15) is 0 Å². The number of nitrogens with one attached hydrogen (secondary N) is 1. The summed E-state index contributed by atoms with van der Waals surface area (Å²) in [6, 6.07) is 7.10. The van der Waals surface area contributed by atoms with Crippen LogP contribution in [0.1, 0.15) is 22.5 Å². The van der Waals surface area contributed by atoms with Crippen molar-refractivity contribution < 1.29 is 9.59 Å². The number of carbonyl (C=O) groups is 2. The van der Waals surface area contributed by atoms with Crippen LogP contribution in [0.2, 0.25) is 0 Å². The third-order valence-electron chi connectivity index (χ3n) is 2.74. The summed E-state index contributed by atoms with van der Waals surface area (Å²) in [5, 5.41) is 5.41. The van der Waals surface area contributed by atoms with Gasteiger partial charge in [-0.15, -0.1) is 22.9 Å². The number of hydrogen-bond donors (Lipinski definition) is 2. The molecule has 0 aliphatic carbocycles. The fourth-order valence-electron chi connectivity index (χ4n) is 1.67. The van der Waals surface area contributed by atoms with Gasteiger partial charge in [-0.25, -0.2) is 4.98 Å². The third-order valence-corrected chi connectivity index (χ3v) is 3.95. The van der Waals surface area contributed by atoms with Crippen molar-refractivity contribution in [3.05, 3.63) is 40.9 Å². The molecule has 5 nitrogen and oxygen atoms in total. The average molecular weight is 324 g/mol. The number of rotatable bonds is 6. The van der Waals surface area contributed by atoms with E-state index in [1.807, 2.05) is 17.5 Å². The minimum absolute atomic E-state index is 0.129. The molecule has 1 heterocycles. The van der Waals surface area contributed by atoms with Gasteiger partial charge < -0.3 is 11.1 Å². The molecule has 2 amide bonds. The van der Waals surface area contributed by atoms with Crippen LogP contribution in [0.4, 0.5) is 0 Å². The maximum Gasteiger partial charge on any atom is 0.251 e. The molecule has 0 saturated heterocycles. The first-order valence-electron chi connectivity index (χ1n) is 6.27. The van der Waals surface area contributed by atoms with E-state index in [9.17, 15) is 9.59 Å². The average Bonchev–Trinajstić information content (AvgIpc) is 2.96. The van der Waals surface area contributed by atoms with Crippen molar-refractivity contribution >= 4 is 34.8 Å². The smallest absolute Gasteiger partial charge is 0.251 e. The molecule has 1 aromatic carbocycles. The van der Waals surface area contributed by atoms with Crippen LogP contribution in [0.3, 0.4) is 0 Å². The van der Waals surface area contributed by atoms with E-state index in [0.29, 0.717) is 11.4 Å². The molecule has 110 valence electrons. The van der Waals surface area contributed by atoms with Crippen LogP contribution >= 0.6 is 22.9 Å². The fraction of sp³-hybridized carbons (Fsp3) is 0.214. The highest BCUT2D eigenvalue weighted by Crippen LogP contribution is 2.24. The van der Waals surface area contributed by atoms with Gasteiger partial charge in [0.2, 0.25) is 5.91 Å². The van der Waals surface area contributed by atoms with Crippen LogP contribution in [-0.2, 0) is 10.7 Å². The summed E-state index contributed by atoms with van der Waals surface area (Å²) in [5.41, 5.74) is 7.31. The Morgan fingerprint density at radius 3 is 2.57 bits per heavy atom. The van der Waals surface area contributed by atoms with Crippen LogP contribution in [0.25, 0.3) is 10.6 Å². The fourth-order valence-corrected chi connectivity index (χ4v) is 2.72. The molecule has 3 N–H and O–H groups in total. The number of hydrogen-bond acceptors (Lipinski definition) is 4. The number of aromatic nitrogens is 1. The Kier molecular flexibility index (Phi) is 5.30. The standard InChI is InChI=1S/C14H14ClN3O2S/c15-7-11-8-21-14(18-11)10-3-1-9(2-4-10)13(20)17-6-5-12(16)19/h1-4,8H,5-7H2,(H2,16,19)(H,17,20). The van der Waals surface area contributed by atoms with Crippen molar-refractivity contribution in [2.45, 2.75) is 12.3 Å². The van der Waals surface area contributed by atoms with E-state index in [1.165, 1.54) is 11.3 Å². The molecule has 0 radical (unpaired) electrons. The van der Waals surface area contributed by atoms with Gasteiger partial charge >= 0.3 is 0 Å². The molecule has 0 spiro atoms. The molecule has 2 rings (SSSR count). The quantitative estimate of drug-likeness (QED) is 0.799. The van der Waals surface area contributed by atoms with Gasteiger partial charge in [0, 0.05) is 29.5 Å². The molecular weight excluding hydrogens is 310 g/mol. The van der Waals surface area contributed by atoms with Crippen LogP contribution in [0, 0.1) is 0 Å². The Labute approximate surface area is 131 Å². The summed E-state index contributed by atoms with van der Waals surface area (Å²) < 4.78 is 0. The van der Waals surface area contributed by atoms with Gasteiger partial charge in [-0.1, -0.05) is 12.1 Å². The molecule has 21 heavy (non-hydrogen) atoms. The number of nitrogens with two attached hydrogens (primary N) is 1. The lowest BCUT2D eigenvalue weighted by atomic mass is 10.1. The first-order chi connectivity index (χ1) is 10.1. The Balaban J connectivity index is 2.01. The van der Waals surface area contributed by atoms with Gasteiger partial charge in [0.15, 0.2) is 0 Å². The van der Waals surface area contributed by atoms with Gasteiger partial charge in [0.25, 0.3) is 5.91 Å². The second kappa shape index (κ2) is 7.19. The van der Waals surface area contributed by atoms with Crippen molar-refractivity contribution in [3.8, 4) is 10.6 Å². The summed E-state index contributed by atoms with van der Waals surface area (Å²) in [6.07, 6.45) is 0.129. The molecule has 0 saturated carbocycles. The van der Waals surface area contributed by atoms with E-state index in [-0.39, 0.29) is 18.9 Å². The molecule has 7 heteroatoms. The molecule has 0 aliphatic rings. The van der Waals surface area contributed by atoms with Crippen molar-refractivity contribution in [3.63, 3.8) is 0 Å². The van der Waals surface area contributed by atoms with Gasteiger partial charge in [0.05, 0.1) is 11.6 Å². The highest BCUT2D eigenvalue weighted by molar-refractivity contribution is 7.13. The zero-order chi connectivity index (χ0) is 15.2. The number of nitrogens with zero attached hydrogens (tertiary/aromatic N) is 1. The van der Waals surface area contributed by atoms with E-state index in [4.69, 9.17) is 17.3 Å². The van der Waals surface area contributed by atoms with Gasteiger partial charge in [-0.05, 0) is 12.1 Å². The maximum atomic E-state index is 11.8. The summed E-state index contributed by atoms with van der Waals surface area (Å²) >= 11 is 7.23. The molecule has 0 fully saturated rings. The molecular formula is C14H14ClN3O2S. The van der Waals surface area contributed by atoms with Crippen LogP contribution < -0.4 is 11.1 Å². The lowest BCUT2D eigenvalue weighted by Crippen LogP contribution is -2.27. The molecule has 0 atom stereocenters. The number of primary amides is 1. The Bertz CT molecular complexity index is 640. The topological polar surface area (TPSA) is 85.1 Å². The molecule has 1 aromatic heterocycles. The second-order valence-corrected chi connectivity index (χ2v) is 5.45. The van der Waals surface area contributed by atoms with Gasteiger partial charge in [0.1, 0.15) is 5.01 Å². The SMILES string of the molecule is NC(=O)CCNC(=O)c1ccc(-c2nc(CCl)cs2)cc1. The lowest BCUT2D eigenvalue weighted by molar-refractivity contribution is -0.117. The highest BCUT2D eigenvalue weighted by atomic mass is 35.5. The second-order valence-electron chi connectivity index (χ2n) is 4.33. The minimum Gasteiger partial charge on any atom is -0.370 e. The number of thiazole rings is 1. The first-order valence-corrected chi connectivity index (χ1v) is 7.69. The van der Waals surface area contributed by atoms with Crippen molar-refractivity contribution in [1.29, 1.82) is 0 Å². The summed E-state index contributed by atoms with van der Waals surface area (Å²) in [4.78, 5) is 26.8. The Hall–Kier alpha value is -1.92. The monoisotopic (exact) mass is 323 g/mol. The largest absolute Gasteiger partial charge is 0.370 e. The van der Waals surface area contributed by atoms with E-state index in [2.05, 4.69) is 10.3 Å². The summed E-state index contributed by atoms with van der Waals surface area (Å²) in [5.74, 6) is -0.287. The zero-order valence-corrected chi connectivity index (χ0v) is 12.7. The number of benzene rings is 1. The molecule has 0 unspecified atom stereocenters. The normalized spacial score (nSPS) is 10.3. The Morgan fingerprint density at radius 1 is 1.29 bits per heavy atom. The first kappa shape index (κ1) is 15.5.